The summed E-state index contributed by atoms with van der Waals surface area (Å²) in [5.41, 5.74) is -0.730. The van der Waals surface area contributed by atoms with E-state index in [1.165, 1.54) is 12.1 Å². The van der Waals surface area contributed by atoms with Crippen molar-refractivity contribution in [2.45, 2.75) is 37.7 Å². The number of nitrogens with zero attached hydrogens (tertiary/aromatic N) is 1. The van der Waals surface area contributed by atoms with E-state index >= 15 is 0 Å². The maximum atomic E-state index is 11.5. The minimum Gasteiger partial charge on any atom is -0.460 e. The van der Waals surface area contributed by atoms with Gasteiger partial charge in [-0.05, 0) is 32.9 Å². The van der Waals surface area contributed by atoms with Crippen LogP contribution in [0, 0.1) is 10.1 Å². The molecule has 15 heteroatoms. The molecule has 0 saturated carbocycles. The maximum Gasteiger partial charge on any atom is 0.308 e. The lowest BCUT2D eigenvalue weighted by Gasteiger charge is -2.19. The Bertz CT molecular complexity index is 952. The molecule has 38 heavy (non-hydrogen) atoms. The molecule has 0 fully saturated rings. The number of nitro groups is 1. The first-order chi connectivity index (χ1) is 17.9. The van der Waals surface area contributed by atoms with Crippen molar-refractivity contribution >= 4 is 27.4 Å². The second-order valence-electron chi connectivity index (χ2n) is 8.81. The number of sulfonamides is 1. The summed E-state index contributed by atoms with van der Waals surface area (Å²) in [6.45, 7) is 9.32. The lowest BCUT2D eigenvalue weighted by Crippen LogP contribution is -2.24. The van der Waals surface area contributed by atoms with E-state index in [1.807, 2.05) is 20.8 Å². The van der Waals surface area contributed by atoms with E-state index in [9.17, 15) is 23.3 Å². The van der Waals surface area contributed by atoms with E-state index in [0.717, 1.165) is 6.07 Å². The van der Waals surface area contributed by atoms with Gasteiger partial charge in [-0.15, -0.1) is 0 Å². The fourth-order valence-corrected chi connectivity index (χ4v) is 3.31. The summed E-state index contributed by atoms with van der Waals surface area (Å²) < 4.78 is 54.8. The normalized spacial score (nSPS) is 11.9. The van der Waals surface area contributed by atoms with E-state index in [2.05, 4.69) is 5.32 Å². The molecule has 0 aromatic heterocycles. The van der Waals surface area contributed by atoms with Gasteiger partial charge in [-0.1, -0.05) is 0 Å². The van der Waals surface area contributed by atoms with Crippen LogP contribution in [-0.2, 0) is 43.2 Å². The van der Waals surface area contributed by atoms with E-state index in [0.29, 0.717) is 52.9 Å². The van der Waals surface area contributed by atoms with Crippen LogP contribution < -0.4 is 10.5 Å². The summed E-state index contributed by atoms with van der Waals surface area (Å²) in [5, 5.41) is 19.0. The van der Waals surface area contributed by atoms with Crippen molar-refractivity contribution in [1.82, 2.24) is 0 Å². The molecule has 0 bridgehead atoms. The molecule has 1 rings (SSSR count). The first-order valence-corrected chi connectivity index (χ1v) is 13.6. The first kappa shape index (κ1) is 33.6. The van der Waals surface area contributed by atoms with Gasteiger partial charge in [0.25, 0.3) is 5.69 Å². The summed E-state index contributed by atoms with van der Waals surface area (Å²) in [7, 11) is -4.04. The van der Waals surface area contributed by atoms with E-state index < -0.39 is 26.2 Å². The average molecular weight is 566 g/mol. The Morgan fingerprint density at radius 2 is 1.37 bits per heavy atom. The number of hydrogen-bond acceptors (Lipinski definition) is 12. The third kappa shape index (κ3) is 16.4. The molecular weight excluding hydrogens is 526 g/mol. The number of nitrogens with two attached hydrogens (primary N) is 1. The van der Waals surface area contributed by atoms with Crippen LogP contribution in [0.3, 0.4) is 0 Å². The van der Waals surface area contributed by atoms with Crippen LogP contribution in [0.2, 0.25) is 0 Å². The van der Waals surface area contributed by atoms with Crippen LogP contribution in [0.15, 0.2) is 23.1 Å². The SMILES string of the molecule is CC(C)(C)OC(=O)CCOCCOCCOCCOCCOCCNc1ccc(S(N)(=O)=O)cc1[N+](=O)[O-]. The summed E-state index contributed by atoms with van der Waals surface area (Å²) in [5.74, 6) is -0.293. The van der Waals surface area contributed by atoms with Gasteiger partial charge in [-0.2, -0.15) is 0 Å². The standard InChI is InChI=1S/C23H39N3O11S/c1-23(2,3)37-22(27)6-8-32-10-12-34-14-16-36-17-15-35-13-11-33-9-7-25-20-5-4-19(38(24,30)31)18-21(20)26(28)29/h4-5,18,25H,6-17H2,1-3H3,(H2,24,30,31). The highest BCUT2D eigenvalue weighted by Gasteiger charge is 2.19. The molecule has 1 aromatic carbocycles. The van der Waals surface area contributed by atoms with Crippen LogP contribution in [0.5, 0.6) is 0 Å². The zero-order valence-corrected chi connectivity index (χ0v) is 23.0. The Balaban J connectivity index is 1.94. The minimum atomic E-state index is -4.04. The molecule has 0 atom stereocenters. The second kappa shape index (κ2) is 18.0. The molecular formula is C23H39N3O11S. The number of nitrogens with one attached hydrogen (secondary N) is 1. The lowest BCUT2D eigenvalue weighted by atomic mass is 10.2. The van der Waals surface area contributed by atoms with Crippen molar-refractivity contribution in [3.05, 3.63) is 28.3 Å². The predicted molar refractivity (Wildman–Crippen MR) is 138 cm³/mol. The number of esters is 1. The number of ether oxygens (including phenoxy) is 6. The third-order valence-corrected chi connectivity index (χ3v) is 5.33. The summed E-state index contributed by atoms with van der Waals surface area (Å²) in [6, 6.07) is 3.39. The Morgan fingerprint density at radius 1 is 0.895 bits per heavy atom. The Hall–Kier alpha value is -2.40. The molecule has 0 aliphatic rings. The molecule has 0 unspecified atom stereocenters. The van der Waals surface area contributed by atoms with Gasteiger partial charge in [0.2, 0.25) is 10.0 Å². The highest BCUT2D eigenvalue weighted by molar-refractivity contribution is 7.89. The predicted octanol–water partition coefficient (Wildman–Crippen LogP) is 1.47. The Morgan fingerprint density at radius 3 is 1.82 bits per heavy atom. The van der Waals surface area contributed by atoms with Crippen molar-refractivity contribution in [1.29, 1.82) is 0 Å². The summed E-state index contributed by atoms with van der Waals surface area (Å²) in [4.78, 5) is 21.7. The van der Waals surface area contributed by atoms with E-state index in [1.54, 1.807) is 0 Å². The molecule has 14 nitrogen and oxygen atoms in total. The third-order valence-electron chi connectivity index (χ3n) is 4.41. The van der Waals surface area contributed by atoms with Crippen molar-refractivity contribution < 1.29 is 46.6 Å². The number of carbonyl (C=O) groups excluding carboxylic acids is 1. The van der Waals surface area contributed by atoms with Crippen molar-refractivity contribution in [3.63, 3.8) is 0 Å². The van der Waals surface area contributed by atoms with Gasteiger partial charge < -0.3 is 33.7 Å². The number of benzene rings is 1. The molecule has 3 N–H and O–H groups in total. The molecule has 0 radical (unpaired) electrons. The molecule has 0 saturated heterocycles. The van der Waals surface area contributed by atoms with Crippen LogP contribution >= 0.6 is 0 Å². The van der Waals surface area contributed by atoms with Gasteiger partial charge in [0.15, 0.2) is 0 Å². The Labute approximate surface area is 223 Å². The quantitative estimate of drug-likeness (QED) is 0.0947. The number of anilines is 1. The smallest absolute Gasteiger partial charge is 0.308 e. The van der Waals surface area contributed by atoms with Crippen LogP contribution in [0.1, 0.15) is 27.2 Å². The summed E-state index contributed by atoms with van der Waals surface area (Å²) >= 11 is 0. The highest BCUT2D eigenvalue weighted by Crippen LogP contribution is 2.26. The van der Waals surface area contributed by atoms with Gasteiger partial charge in [0, 0.05) is 12.6 Å². The van der Waals surface area contributed by atoms with Crippen LogP contribution in [-0.4, -0.2) is 97.5 Å². The Kier molecular flexibility index (Phi) is 15.9. The monoisotopic (exact) mass is 565 g/mol. The molecule has 0 heterocycles. The first-order valence-electron chi connectivity index (χ1n) is 12.1. The zero-order valence-electron chi connectivity index (χ0n) is 22.1. The number of rotatable bonds is 21. The van der Waals surface area contributed by atoms with Gasteiger partial charge in [0.05, 0.1) is 82.3 Å². The fraction of sp³-hybridized carbons (Fsp3) is 0.696. The largest absolute Gasteiger partial charge is 0.460 e. The molecule has 0 aliphatic heterocycles. The number of carbonyl (C=O) groups is 1. The molecule has 218 valence electrons. The van der Waals surface area contributed by atoms with Gasteiger partial charge in [-0.3, -0.25) is 14.9 Å². The number of hydrogen-bond donors (Lipinski definition) is 2. The average Bonchev–Trinajstić information content (AvgIpc) is 2.81. The lowest BCUT2D eigenvalue weighted by molar-refractivity contribution is -0.384. The van der Waals surface area contributed by atoms with Crippen molar-refractivity contribution in [2.24, 2.45) is 5.14 Å². The summed E-state index contributed by atoms with van der Waals surface area (Å²) in [6.07, 6.45) is 0.201. The molecule has 0 amide bonds. The second-order valence-corrected chi connectivity index (χ2v) is 10.4. The van der Waals surface area contributed by atoms with Gasteiger partial charge in [-0.25, -0.2) is 13.6 Å². The maximum absolute atomic E-state index is 11.5. The van der Waals surface area contributed by atoms with Crippen LogP contribution in [0.4, 0.5) is 11.4 Å². The van der Waals surface area contributed by atoms with Gasteiger partial charge in [0.1, 0.15) is 11.3 Å². The van der Waals surface area contributed by atoms with Crippen molar-refractivity contribution in [2.75, 3.05) is 77.9 Å². The van der Waals surface area contributed by atoms with E-state index in [-0.39, 0.29) is 42.7 Å². The van der Waals surface area contributed by atoms with Crippen LogP contribution in [0.25, 0.3) is 0 Å². The molecule has 0 aliphatic carbocycles. The molecule has 1 aromatic rings. The fourth-order valence-electron chi connectivity index (χ4n) is 2.78. The van der Waals surface area contributed by atoms with E-state index in [4.69, 9.17) is 33.6 Å². The minimum absolute atomic E-state index is 0.161. The zero-order chi connectivity index (χ0) is 28.4. The number of primary sulfonamides is 1. The van der Waals surface area contributed by atoms with Gasteiger partial charge >= 0.3 is 5.97 Å². The van der Waals surface area contributed by atoms with Crippen molar-refractivity contribution in [3.8, 4) is 0 Å². The molecule has 0 spiro atoms. The number of nitro benzene ring substituents is 1. The highest BCUT2D eigenvalue weighted by atomic mass is 32.2. The topological polar surface area (TPSA) is 188 Å².